The van der Waals surface area contributed by atoms with Gasteiger partial charge < -0.3 is 9.30 Å². The first-order valence-electron chi connectivity index (χ1n) is 5.88. The molecule has 7 nitrogen and oxygen atoms in total. The lowest BCUT2D eigenvalue weighted by Crippen LogP contribution is -2.05. The van der Waals surface area contributed by atoms with Crippen LogP contribution in [-0.2, 0) is 11.3 Å². The summed E-state index contributed by atoms with van der Waals surface area (Å²) in [4.78, 5) is 15.8. The van der Waals surface area contributed by atoms with Crippen LogP contribution in [0.5, 0.6) is 0 Å². The van der Waals surface area contributed by atoms with Crippen LogP contribution >= 0.6 is 0 Å². The van der Waals surface area contributed by atoms with Crippen LogP contribution < -0.4 is 0 Å². The molecule has 0 bridgehead atoms. The summed E-state index contributed by atoms with van der Waals surface area (Å²) >= 11 is 0. The van der Waals surface area contributed by atoms with Gasteiger partial charge in [-0.05, 0) is 13.8 Å². The van der Waals surface area contributed by atoms with Crippen LogP contribution in [0, 0.1) is 6.92 Å². The summed E-state index contributed by atoms with van der Waals surface area (Å²) in [7, 11) is 0. The van der Waals surface area contributed by atoms with Gasteiger partial charge in [-0.15, -0.1) is 5.10 Å². The van der Waals surface area contributed by atoms with Gasteiger partial charge in [-0.1, -0.05) is 11.8 Å². The number of nitrogens with zero attached hydrogens (tertiary/aromatic N) is 5. The molecule has 7 heteroatoms. The third-order valence-corrected chi connectivity index (χ3v) is 2.51. The first kappa shape index (κ1) is 13.0. The minimum atomic E-state index is -0.471. The summed E-state index contributed by atoms with van der Waals surface area (Å²) in [6, 6.07) is 0. The molecule has 2 aromatic rings. The van der Waals surface area contributed by atoms with E-state index in [-0.39, 0.29) is 5.69 Å². The second-order valence-electron chi connectivity index (χ2n) is 3.89. The van der Waals surface area contributed by atoms with Crippen molar-refractivity contribution in [2.24, 2.45) is 0 Å². The molecule has 2 heterocycles. The molecule has 0 saturated heterocycles. The molecule has 100 valence electrons. The Morgan fingerprint density at radius 3 is 2.95 bits per heavy atom. The quantitative estimate of drug-likeness (QED) is 0.754. The monoisotopic (exact) mass is 261 g/mol. The van der Waals surface area contributed by atoms with Gasteiger partial charge in [0, 0.05) is 12.4 Å². The minimum absolute atomic E-state index is 0.196. The van der Waals surface area contributed by atoms with Crippen molar-refractivity contribution in [3.8, 4) is 0 Å². The number of aryl methyl sites for hydroxylation is 1. The highest BCUT2D eigenvalue weighted by atomic mass is 16.5. The lowest BCUT2D eigenvalue weighted by molar-refractivity contribution is 0.0519. The Bertz CT molecular complexity index is 599. The molecule has 19 heavy (non-hydrogen) atoms. The maximum absolute atomic E-state index is 11.4. The zero-order valence-corrected chi connectivity index (χ0v) is 10.9. The van der Waals surface area contributed by atoms with Gasteiger partial charge in [-0.2, -0.15) is 0 Å². The van der Waals surface area contributed by atoms with Gasteiger partial charge in [0.1, 0.15) is 5.82 Å². The van der Waals surface area contributed by atoms with Crippen LogP contribution in [0.3, 0.4) is 0 Å². The molecule has 0 unspecified atom stereocenters. The van der Waals surface area contributed by atoms with Gasteiger partial charge in [0.25, 0.3) is 0 Å². The molecule has 0 aromatic carbocycles. The molecule has 0 atom stereocenters. The lowest BCUT2D eigenvalue weighted by atomic mass is 10.4. The van der Waals surface area contributed by atoms with Gasteiger partial charge in [-0.3, -0.25) is 0 Å². The topological polar surface area (TPSA) is 74.8 Å². The third kappa shape index (κ3) is 2.87. The number of carbonyl (C=O) groups is 1. The third-order valence-electron chi connectivity index (χ3n) is 2.51. The zero-order chi connectivity index (χ0) is 13.8. The number of hydrogen-bond acceptors (Lipinski definition) is 5. The Morgan fingerprint density at radius 1 is 1.53 bits per heavy atom. The van der Waals surface area contributed by atoms with E-state index in [1.165, 1.54) is 0 Å². The van der Waals surface area contributed by atoms with E-state index in [4.69, 9.17) is 4.74 Å². The first-order valence-corrected chi connectivity index (χ1v) is 5.88. The highest BCUT2D eigenvalue weighted by molar-refractivity contribution is 5.86. The average molecular weight is 261 g/mol. The fourth-order valence-corrected chi connectivity index (χ4v) is 1.65. The molecule has 2 aromatic heterocycles. The van der Waals surface area contributed by atoms with E-state index in [1.807, 2.05) is 17.7 Å². The van der Waals surface area contributed by atoms with Crippen molar-refractivity contribution >= 4 is 12.2 Å². The molecule has 0 N–H and O–H groups in total. The van der Waals surface area contributed by atoms with Crippen LogP contribution in [0.25, 0.3) is 6.20 Å². The van der Waals surface area contributed by atoms with Crippen LogP contribution in [0.2, 0.25) is 0 Å². The highest BCUT2D eigenvalue weighted by Gasteiger charge is 2.12. The van der Waals surface area contributed by atoms with Gasteiger partial charge in [0.15, 0.2) is 5.69 Å². The molecule has 0 amide bonds. The smallest absolute Gasteiger partial charge is 0.360 e. The van der Waals surface area contributed by atoms with Gasteiger partial charge in [0.05, 0.1) is 25.0 Å². The van der Waals surface area contributed by atoms with Crippen LogP contribution in [0.1, 0.15) is 28.9 Å². The number of hydrogen-bond donors (Lipinski definition) is 0. The Balaban J connectivity index is 2.11. The predicted molar refractivity (Wildman–Crippen MR) is 68.4 cm³/mol. The number of esters is 1. The van der Waals surface area contributed by atoms with Crippen molar-refractivity contribution in [2.75, 3.05) is 6.61 Å². The average Bonchev–Trinajstić information content (AvgIpc) is 2.97. The predicted octanol–water partition coefficient (Wildman–Crippen LogP) is 1.11. The standard InChI is InChI=1S/C12H15N5O2/c1-4-16-6-10(13-9(16)3)7-17-8-11(14-15-17)12(18)19-5-2/h4,6,8H,1,5,7H2,2-3H3. The van der Waals surface area contributed by atoms with E-state index in [1.54, 1.807) is 24.0 Å². The molecule has 2 rings (SSSR count). The fraction of sp³-hybridized carbons (Fsp3) is 0.333. The van der Waals surface area contributed by atoms with Gasteiger partial charge in [0.2, 0.25) is 0 Å². The molecule has 0 radical (unpaired) electrons. The summed E-state index contributed by atoms with van der Waals surface area (Å²) in [5.74, 6) is 0.372. The van der Waals surface area contributed by atoms with E-state index in [9.17, 15) is 4.79 Å². The van der Waals surface area contributed by atoms with Crippen LogP contribution in [0.15, 0.2) is 19.0 Å². The number of rotatable bonds is 5. The Kier molecular flexibility index (Phi) is 3.74. The molecular weight excluding hydrogens is 246 g/mol. The van der Waals surface area contributed by atoms with E-state index in [0.29, 0.717) is 13.2 Å². The molecule has 0 spiro atoms. The molecule has 0 fully saturated rings. The van der Waals surface area contributed by atoms with Gasteiger partial charge in [-0.25, -0.2) is 14.5 Å². The van der Waals surface area contributed by atoms with Crippen molar-refractivity contribution in [3.63, 3.8) is 0 Å². The van der Waals surface area contributed by atoms with Crippen molar-refractivity contribution in [3.05, 3.63) is 36.2 Å². The fourth-order valence-electron chi connectivity index (χ4n) is 1.65. The SMILES string of the molecule is C=Cn1cc(Cn2cc(C(=O)OCC)nn2)nc1C. The zero-order valence-electron chi connectivity index (χ0n) is 10.9. The van der Waals surface area contributed by atoms with E-state index in [0.717, 1.165) is 11.5 Å². The Hall–Kier alpha value is -2.44. The summed E-state index contributed by atoms with van der Waals surface area (Å²) in [5, 5.41) is 7.63. The molecular formula is C12H15N5O2. The van der Waals surface area contributed by atoms with Crippen molar-refractivity contribution in [1.82, 2.24) is 24.5 Å². The van der Waals surface area contributed by atoms with Crippen LogP contribution in [0.4, 0.5) is 0 Å². The molecule has 0 saturated carbocycles. The van der Waals surface area contributed by atoms with Crippen LogP contribution in [-0.4, -0.2) is 37.1 Å². The van der Waals surface area contributed by atoms with E-state index < -0.39 is 5.97 Å². The highest BCUT2D eigenvalue weighted by Crippen LogP contribution is 2.05. The first-order chi connectivity index (χ1) is 9.13. The van der Waals surface area contributed by atoms with Crippen molar-refractivity contribution in [1.29, 1.82) is 0 Å². The summed E-state index contributed by atoms with van der Waals surface area (Å²) in [5.41, 5.74) is 1.01. The number of imidazole rings is 1. The molecule has 0 aliphatic heterocycles. The number of carbonyl (C=O) groups excluding carboxylic acids is 1. The van der Waals surface area contributed by atoms with E-state index in [2.05, 4.69) is 21.9 Å². The Labute approximate surface area is 110 Å². The molecule has 0 aliphatic rings. The Morgan fingerprint density at radius 2 is 2.32 bits per heavy atom. The molecule has 0 aliphatic carbocycles. The maximum atomic E-state index is 11.4. The summed E-state index contributed by atoms with van der Waals surface area (Å²) in [6.07, 6.45) is 5.07. The maximum Gasteiger partial charge on any atom is 0.360 e. The second kappa shape index (κ2) is 5.47. The van der Waals surface area contributed by atoms with Gasteiger partial charge >= 0.3 is 5.97 Å². The lowest BCUT2D eigenvalue weighted by Gasteiger charge is -1.96. The number of ether oxygens (including phenoxy) is 1. The minimum Gasteiger partial charge on any atom is -0.461 e. The van der Waals surface area contributed by atoms with Crippen molar-refractivity contribution < 1.29 is 9.53 Å². The van der Waals surface area contributed by atoms with E-state index >= 15 is 0 Å². The number of aromatic nitrogens is 5. The normalized spacial score (nSPS) is 10.4. The second-order valence-corrected chi connectivity index (χ2v) is 3.89. The summed E-state index contributed by atoms with van der Waals surface area (Å²) < 4.78 is 8.21. The summed E-state index contributed by atoms with van der Waals surface area (Å²) in [6.45, 7) is 8.07. The largest absolute Gasteiger partial charge is 0.461 e. The van der Waals surface area contributed by atoms with Crippen molar-refractivity contribution in [2.45, 2.75) is 20.4 Å².